The van der Waals surface area contributed by atoms with Crippen LogP contribution >= 0.6 is 0 Å². The molecule has 0 aromatic heterocycles. The maximum atomic E-state index is 12.9. The number of carbonyl (C=O) groups excluding carboxylic acids is 3. The molecule has 472 valence electrons. The van der Waals surface area contributed by atoms with Crippen molar-refractivity contribution in [3.63, 3.8) is 0 Å². The Kier molecular flexibility index (Phi) is 66.7. The molecular formula is C76H132O6. The summed E-state index contributed by atoms with van der Waals surface area (Å²) in [5.74, 6) is -0.878. The van der Waals surface area contributed by atoms with E-state index in [1.54, 1.807) is 0 Å². The molecule has 0 saturated carbocycles. The van der Waals surface area contributed by atoms with Crippen molar-refractivity contribution in [3.8, 4) is 0 Å². The fraction of sp³-hybridized carbons (Fsp3) is 0.750. The third kappa shape index (κ3) is 67.1. The van der Waals surface area contributed by atoms with Crippen LogP contribution in [0, 0.1) is 0 Å². The molecule has 0 aliphatic heterocycles. The Bertz CT molecular complexity index is 1590. The van der Waals surface area contributed by atoms with Gasteiger partial charge in [-0.3, -0.25) is 14.4 Å². The Hall–Kier alpha value is -3.67. The van der Waals surface area contributed by atoms with Crippen LogP contribution in [0.15, 0.2) is 97.2 Å². The lowest BCUT2D eigenvalue weighted by atomic mass is 10.0. The molecule has 0 N–H and O–H groups in total. The number of rotatable bonds is 64. The zero-order chi connectivity index (χ0) is 59.2. The second-order valence-electron chi connectivity index (χ2n) is 23.4. The first-order valence-corrected chi connectivity index (χ1v) is 35.2. The average molecular weight is 1140 g/mol. The Morgan fingerprint density at radius 1 is 0.256 bits per heavy atom. The quantitative estimate of drug-likeness (QED) is 0.0261. The third-order valence-electron chi connectivity index (χ3n) is 15.3. The second kappa shape index (κ2) is 69.8. The minimum atomic E-state index is -0.784. The van der Waals surface area contributed by atoms with Crippen molar-refractivity contribution in [2.45, 2.75) is 354 Å². The number of unbranched alkanes of at least 4 members (excludes halogenated alkanes) is 37. The molecule has 6 heteroatoms. The maximum absolute atomic E-state index is 12.9. The molecule has 0 spiro atoms. The van der Waals surface area contributed by atoms with E-state index in [4.69, 9.17) is 14.2 Å². The first-order chi connectivity index (χ1) is 40.5. The molecule has 0 rings (SSSR count). The van der Waals surface area contributed by atoms with Gasteiger partial charge >= 0.3 is 17.9 Å². The van der Waals surface area contributed by atoms with Gasteiger partial charge in [0.05, 0.1) is 0 Å². The fourth-order valence-corrected chi connectivity index (χ4v) is 10.1. The zero-order valence-corrected chi connectivity index (χ0v) is 54.2. The molecule has 1 atom stereocenters. The van der Waals surface area contributed by atoms with Gasteiger partial charge in [-0.15, -0.1) is 0 Å². The van der Waals surface area contributed by atoms with Crippen LogP contribution in [0.3, 0.4) is 0 Å². The highest BCUT2D eigenvalue weighted by Gasteiger charge is 2.19. The summed E-state index contributed by atoms with van der Waals surface area (Å²) in [4.78, 5) is 38.4. The van der Waals surface area contributed by atoms with E-state index in [1.807, 2.05) is 0 Å². The molecule has 6 nitrogen and oxygen atoms in total. The van der Waals surface area contributed by atoms with Gasteiger partial charge in [0.25, 0.3) is 0 Å². The summed E-state index contributed by atoms with van der Waals surface area (Å²) in [6.07, 6.45) is 94.5. The van der Waals surface area contributed by atoms with Gasteiger partial charge in [0.1, 0.15) is 13.2 Å². The Morgan fingerprint density at radius 2 is 0.476 bits per heavy atom. The lowest BCUT2D eigenvalue weighted by Gasteiger charge is -2.18. The number of ether oxygens (including phenoxy) is 3. The van der Waals surface area contributed by atoms with Crippen LogP contribution in [0.25, 0.3) is 0 Å². The van der Waals surface area contributed by atoms with Crippen molar-refractivity contribution in [3.05, 3.63) is 97.2 Å². The van der Waals surface area contributed by atoms with Crippen LogP contribution in [0.2, 0.25) is 0 Å². The molecular weight excluding hydrogens is 1010 g/mol. The minimum Gasteiger partial charge on any atom is -0.462 e. The van der Waals surface area contributed by atoms with Gasteiger partial charge in [-0.05, 0) is 96.3 Å². The highest BCUT2D eigenvalue weighted by molar-refractivity contribution is 5.71. The van der Waals surface area contributed by atoms with E-state index >= 15 is 0 Å². The molecule has 0 aromatic carbocycles. The van der Waals surface area contributed by atoms with E-state index in [0.717, 1.165) is 128 Å². The Balaban J connectivity index is 4.12. The summed E-state index contributed by atoms with van der Waals surface area (Å²) in [6.45, 7) is 6.44. The first-order valence-electron chi connectivity index (χ1n) is 35.2. The van der Waals surface area contributed by atoms with Gasteiger partial charge in [0.15, 0.2) is 6.10 Å². The van der Waals surface area contributed by atoms with Gasteiger partial charge in [-0.25, -0.2) is 0 Å². The van der Waals surface area contributed by atoms with Gasteiger partial charge in [0, 0.05) is 19.3 Å². The van der Waals surface area contributed by atoms with Crippen molar-refractivity contribution in [1.29, 1.82) is 0 Å². The summed E-state index contributed by atoms with van der Waals surface area (Å²) in [5.41, 5.74) is 0. The number of hydrogen-bond donors (Lipinski definition) is 0. The molecule has 0 aromatic rings. The van der Waals surface area contributed by atoms with Crippen molar-refractivity contribution < 1.29 is 28.6 Å². The van der Waals surface area contributed by atoms with Crippen LogP contribution in [-0.4, -0.2) is 37.2 Å². The molecule has 0 radical (unpaired) electrons. The van der Waals surface area contributed by atoms with Crippen LogP contribution < -0.4 is 0 Å². The fourth-order valence-electron chi connectivity index (χ4n) is 10.1. The number of allylic oxidation sites excluding steroid dienone is 16. The smallest absolute Gasteiger partial charge is 0.306 e. The van der Waals surface area contributed by atoms with E-state index in [9.17, 15) is 14.4 Å². The molecule has 0 bridgehead atoms. The van der Waals surface area contributed by atoms with E-state index in [2.05, 4.69) is 118 Å². The predicted octanol–water partition coefficient (Wildman–Crippen LogP) is 24.4. The highest BCUT2D eigenvalue weighted by atomic mass is 16.6. The van der Waals surface area contributed by atoms with Gasteiger partial charge < -0.3 is 14.2 Å². The predicted molar refractivity (Wildman–Crippen MR) is 357 cm³/mol. The van der Waals surface area contributed by atoms with Crippen molar-refractivity contribution in [2.24, 2.45) is 0 Å². The average Bonchev–Trinajstić information content (AvgIpc) is 3.48. The molecule has 0 aliphatic carbocycles. The van der Waals surface area contributed by atoms with E-state index < -0.39 is 6.10 Å². The highest BCUT2D eigenvalue weighted by Crippen LogP contribution is 2.18. The normalized spacial score (nSPS) is 12.7. The first kappa shape index (κ1) is 78.3. The molecule has 1 unspecified atom stereocenters. The SMILES string of the molecule is CC/C=C\C/C=C\C/C=C\C/C=C\C/C=C\CCCCCCCCCCCCCCCCCCCCCC(=O)OCC(COC(=O)CCCCCCCCCCCCCCCC)OC(=O)CCCCCCC/C=C\C/C=C\C/C=C\CC. The van der Waals surface area contributed by atoms with Gasteiger partial charge in [0.2, 0.25) is 0 Å². The molecule has 82 heavy (non-hydrogen) atoms. The topological polar surface area (TPSA) is 78.9 Å². The summed E-state index contributed by atoms with van der Waals surface area (Å²) >= 11 is 0. The zero-order valence-electron chi connectivity index (χ0n) is 54.2. The van der Waals surface area contributed by atoms with Crippen LogP contribution in [0.4, 0.5) is 0 Å². The molecule has 0 amide bonds. The van der Waals surface area contributed by atoms with Crippen LogP contribution in [0.1, 0.15) is 348 Å². The lowest BCUT2D eigenvalue weighted by molar-refractivity contribution is -0.167. The van der Waals surface area contributed by atoms with Crippen LogP contribution in [-0.2, 0) is 28.6 Å². The monoisotopic (exact) mass is 1140 g/mol. The standard InChI is InChI=1S/C76H132O6/c1-4-7-10-13-16-19-22-25-28-29-30-31-32-33-34-35-36-37-38-39-40-41-42-43-44-45-46-47-49-51-54-57-60-63-66-69-75(78)81-72-73(71-80-74(77)68-65-62-59-56-53-50-27-24-21-18-15-12-9-6-3)82-76(79)70-67-64-61-58-55-52-48-26-23-20-17-14-11-8-5-2/h7-8,10-11,16-17,19-20,25-26,28,30-31,33-34,48,73H,4-6,9,12-15,18,21-24,27,29,32,35-47,49-72H2,1-3H3/b10-7-,11-8-,19-16-,20-17-,28-25-,31-30-,34-33-,48-26-. The summed E-state index contributed by atoms with van der Waals surface area (Å²) in [7, 11) is 0. The van der Waals surface area contributed by atoms with E-state index in [0.29, 0.717) is 19.3 Å². The molecule has 0 heterocycles. The summed E-state index contributed by atoms with van der Waals surface area (Å²) in [5, 5.41) is 0. The van der Waals surface area contributed by atoms with E-state index in [1.165, 1.54) is 180 Å². The summed E-state index contributed by atoms with van der Waals surface area (Å²) < 4.78 is 16.9. The molecule has 0 aliphatic rings. The van der Waals surface area contributed by atoms with Crippen molar-refractivity contribution in [1.82, 2.24) is 0 Å². The van der Waals surface area contributed by atoms with Gasteiger partial charge in [-0.1, -0.05) is 330 Å². The second-order valence-corrected chi connectivity index (χ2v) is 23.4. The van der Waals surface area contributed by atoms with Crippen molar-refractivity contribution in [2.75, 3.05) is 13.2 Å². The Labute approximate surface area is 508 Å². The minimum absolute atomic E-state index is 0.0787. The van der Waals surface area contributed by atoms with E-state index in [-0.39, 0.29) is 31.1 Å². The molecule has 0 fully saturated rings. The molecule has 0 saturated heterocycles. The lowest BCUT2D eigenvalue weighted by Crippen LogP contribution is -2.30. The number of hydrogen-bond acceptors (Lipinski definition) is 6. The maximum Gasteiger partial charge on any atom is 0.306 e. The largest absolute Gasteiger partial charge is 0.462 e. The summed E-state index contributed by atoms with van der Waals surface area (Å²) in [6, 6.07) is 0. The number of esters is 3. The number of carbonyl (C=O) groups is 3. The third-order valence-corrected chi connectivity index (χ3v) is 15.3. The Morgan fingerprint density at radius 3 is 0.744 bits per heavy atom. The van der Waals surface area contributed by atoms with Gasteiger partial charge in [-0.2, -0.15) is 0 Å². The van der Waals surface area contributed by atoms with Crippen LogP contribution in [0.5, 0.6) is 0 Å². The van der Waals surface area contributed by atoms with Crippen molar-refractivity contribution >= 4 is 17.9 Å².